The Hall–Kier alpha value is -1.09. The van der Waals surface area contributed by atoms with Gasteiger partial charge in [-0.2, -0.15) is 0 Å². The van der Waals surface area contributed by atoms with Crippen molar-refractivity contribution in [2.75, 3.05) is 19.8 Å². The Morgan fingerprint density at radius 2 is 2.18 bits per heavy atom. The fourth-order valence-corrected chi connectivity index (χ4v) is 0.895. The molecule has 0 bridgehead atoms. The van der Waals surface area contributed by atoms with Crippen LogP contribution in [0.5, 0.6) is 0 Å². The highest BCUT2D eigenvalue weighted by Gasteiger charge is 1.93. The number of anilines is 1. The van der Waals surface area contributed by atoms with E-state index in [-0.39, 0.29) is 0 Å². The molecule has 0 saturated heterocycles. The van der Waals surface area contributed by atoms with Gasteiger partial charge in [0.1, 0.15) is 5.82 Å². The van der Waals surface area contributed by atoms with Crippen molar-refractivity contribution in [2.45, 2.75) is 6.54 Å². The van der Waals surface area contributed by atoms with Crippen molar-refractivity contribution in [1.82, 2.24) is 9.88 Å². The minimum absolute atomic E-state index is 0.576. The molecule has 0 amide bonds. The number of aromatic nitrogens is 1. The molecule has 0 aliphatic carbocycles. The van der Waals surface area contributed by atoms with Crippen molar-refractivity contribution < 1.29 is 0 Å². The largest absolute Gasteiger partial charge is 0.384 e. The van der Waals surface area contributed by atoms with Crippen molar-refractivity contribution in [3.63, 3.8) is 0 Å². The molecule has 0 aromatic carbocycles. The van der Waals surface area contributed by atoms with Crippen LogP contribution in [0.1, 0.15) is 5.56 Å². The maximum atomic E-state index is 5.43. The van der Waals surface area contributed by atoms with E-state index in [2.05, 4.69) is 9.88 Å². The number of hydrogen-bond donors (Lipinski definition) is 1. The Morgan fingerprint density at radius 1 is 1.45 bits per heavy atom. The molecule has 11 heavy (non-hydrogen) atoms. The lowest BCUT2D eigenvalue weighted by Crippen LogP contribution is -2.10. The Morgan fingerprint density at radius 3 is 2.64 bits per heavy atom. The number of nitrogens with zero attached hydrogens (tertiary/aromatic N) is 2. The molecule has 1 heterocycles. The smallest absolute Gasteiger partial charge is 0.123 e. The van der Waals surface area contributed by atoms with Crippen molar-refractivity contribution in [3.8, 4) is 0 Å². The molecule has 0 atom stereocenters. The molecule has 0 radical (unpaired) electrons. The summed E-state index contributed by atoms with van der Waals surface area (Å²) in [6, 6.07) is 3.81. The fourth-order valence-electron chi connectivity index (χ4n) is 0.895. The maximum absolute atomic E-state index is 5.43. The van der Waals surface area contributed by atoms with Gasteiger partial charge in [0.15, 0.2) is 0 Å². The van der Waals surface area contributed by atoms with E-state index in [0.717, 1.165) is 6.54 Å². The molecular weight excluding hydrogens is 138 g/mol. The summed E-state index contributed by atoms with van der Waals surface area (Å²) in [7, 11) is 4.05. The third-order valence-corrected chi connectivity index (χ3v) is 1.35. The summed E-state index contributed by atoms with van der Waals surface area (Å²) in [4.78, 5) is 6.07. The zero-order valence-corrected chi connectivity index (χ0v) is 6.91. The first-order valence-electron chi connectivity index (χ1n) is 3.53. The van der Waals surface area contributed by atoms with Gasteiger partial charge in [0.05, 0.1) is 0 Å². The third kappa shape index (κ3) is 2.55. The van der Waals surface area contributed by atoms with Crippen LogP contribution in [0, 0.1) is 0 Å². The van der Waals surface area contributed by atoms with Gasteiger partial charge in [-0.1, -0.05) is 6.07 Å². The lowest BCUT2D eigenvalue weighted by atomic mass is 10.3. The lowest BCUT2D eigenvalue weighted by Gasteiger charge is -2.08. The summed E-state index contributed by atoms with van der Waals surface area (Å²) in [5.41, 5.74) is 6.62. The molecule has 3 nitrogen and oxygen atoms in total. The standard InChI is InChI=1S/C8H13N3/c1-11(2)6-7-3-4-8(9)10-5-7/h3-5H,6H2,1-2H3,(H2,9,10). The zero-order valence-electron chi connectivity index (χ0n) is 6.91. The van der Waals surface area contributed by atoms with Gasteiger partial charge in [-0.15, -0.1) is 0 Å². The second-order valence-electron chi connectivity index (χ2n) is 2.83. The molecule has 1 rings (SSSR count). The topological polar surface area (TPSA) is 42.1 Å². The van der Waals surface area contributed by atoms with Crippen molar-refractivity contribution in [1.29, 1.82) is 0 Å². The molecule has 1 aromatic rings. The Bertz CT molecular complexity index is 215. The van der Waals surface area contributed by atoms with Gasteiger partial charge in [-0.25, -0.2) is 4.98 Å². The highest BCUT2D eigenvalue weighted by atomic mass is 15.0. The van der Waals surface area contributed by atoms with Crippen molar-refractivity contribution in [3.05, 3.63) is 23.9 Å². The minimum Gasteiger partial charge on any atom is -0.384 e. The second kappa shape index (κ2) is 3.34. The Labute approximate surface area is 66.8 Å². The summed E-state index contributed by atoms with van der Waals surface area (Å²) in [6.45, 7) is 0.910. The van der Waals surface area contributed by atoms with E-state index < -0.39 is 0 Å². The average molecular weight is 151 g/mol. The maximum Gasteiger partial charge on any atom is 0.123 e. The molecule has 0 unspecified atom stereocenters. The van der Waals surface area contributed by atoms with Crippen molar-refractivity contribution >= 4 is 5.82 Å². The monoisotopic (exact) mass is 151 g/mol. The molecule has 0 fully saturated rings. The first-order chi connectivity index (χ1) is 5.18. The molecule has 0 saturated carbocycles. The number of pyridine rings is 1. The van der Waals surface area contributed by atoms with Crippen molar-refractivity contribution in [2.24, 2.45) is 0 Å². The van der Waals surface area contributed by atoms with E-state index in [4.69, 9.17) is 5.73 Å². The normalized spacial score (nSPS) is 10.5. The summed E-state index contributed by atoms with van der Waals surface area (Å²) < 4.78 is 0. The number of rotatable bonds is 2. The highest BCUT2D eigenvalue weighted by molar-refractivity contribution is 5.29. The van der Waals surface area contributed by atoms with E-state index >= 15 is 0 Å². The van der Waals surface area contributed by atoms with E-state index in [1.165, 1.54) is 5.56 Å². The first kappa shape index (κ1) is 8.01. The molecule has 3 heteroatoms. The molecule has 1 aromatic heterocycles. The van der Waals surface area contributed by atoms with Crippen LogP contribution < -0.4 is 5.73 Å². The minimum atomic E-state index is 0.576. The fraction of sp³-hybridized carbons (Fsp3) is 0.375. The molecule has 2 N–H and O–H groups in total. The van der Waals surface area contributed by atoms with E-state index in [1.807, 2.05) is 26.2 Å². The van der Waals surface area contributed by atoms with Crippen LogP contribution in [0.25, 0.3) is 0 Å². The van der Waals surface area contributed by atoms with Crippen LogP contribution in [0.2, 0.25) is 0 Å². The lowest BCUT2D eigenvalue weighted by molar-refractivity contribution is 0.402. The number of nitrogens with two attached hydrogens (primary N) is 1. The van der Waals surface area contributed by atoms with Crippen LogP contribution in [0.15, 0.2) is 18.3 Å². The van der Waals surface area contributed by atoms with Gasteiger partial charge in [0.25, 0.3) is 0 Å². The van der Waals surface area contributed by atoms with Crippen LogP contribution in [0.3, 0.4) is 0 Å². The third-order valence-electron chi connectivity index (χ3n) is 1.35. The summed E-state index contributed by atoms with van der Waals surface area (Å²) in [5.74, 6) is 0.576. The van der Waals surface area contributed by atoms with Gasteiger partial charge in [-0.3, -0.25) is 0 Å². The van der Waals surface area contributed by atoms with Gasteiger partial charge in [0.2, 0.25) is 0 Å². The van der Waals surface area contributed by atoms with Crippen LogP contribution >= 0.6 is 0 Å². The van der Waals surface area contributed by atoms with Gasteiger partial charge in [0, 0.05) is 12.7 Å². The quantitative estimate of drug-likeness (QED) is 0.677. The van der Waals surface area contributed by atoms with E-state index in [1.54, 1.807) is 6.20 Å². The zero-order chi connectivity index (χ0) is 8.27. The molecule has 0 aliphatic rings. The van der Waals surface area contributed by atoms with E-state index in [9.17, 15) is 0 Å². The first-order valence-corrected chi connectivity index (χ1v) is 3.53. The summed E-state index contributed by atoms with van der Waals surface area (Å²) in [6.07, 6.45) is 1.80. The highest BCUT2D eigenvalue weighted by Crippen LogP contribution is 2.02. The van der Waals surface area contributed by atoms with Gasteiger partial charge >= 0.3 is 0 Å². The van der Waals surface area contributed by atoms with Crippen LogP contribution in [-0.2, 0) is 6.54 Å². The predicted molar refractivity (Wildman–Crippen MR) is 46.0 cm³/mol. The van der Waals surface area contributed by atoms with E-state index in [0.29, 0.717) is 5.82 Å². The van der Waals surface area contributed by atoms with Crippen LogP contribution in [-0.4, -0.2) is 24.0 Å². The Kier molecular flexibility index (Phi) is 2.44. The van der Waals surface area contributed by atoms with Gasteiger partial charge < -0.3 is 10.6 Å². The van der Waals surface area contributed by atoms with Gasteiger partial charge in [-0.05, 0) is 25.7 Å². The number of nitrogen functional groups attached to an aromatic ring is 1. The molecular formula is C8H13N3. The molecule has 0 aliphatic heterocycles. The van der Waals surface area contributed by atoms with Crippen LogP contribution in [0.4, 0.5) is 5.82 Å². The molecule has 0 spiro atoms. The SMILES string of the molecule is CN(C)Cc1ccc(N)nc1. The second-order valence-corrected chi connectivity index (χ2v) is 2.83. The number of hydrogen-bond acceptors (Lipinski definition) is 3. The predicted octanol–water partition coefficient (Wildman–Crippen LogP) is 0.725. The summed E-state index contributed by atoms with van der Waals surface area (Å²) >= 11 is 0. The average Bonchev–Trinajstić information content (AvgIpc) is 1.93. The molecule has 60 valence electrons. The summed E-state index contributed by atoms with van der Waals surface area (Å²) in [5, 5.41) is 0. The Balaban J connectivity index is 2.66.